The second kappa shape index (κ2) is 5.16. The van der Waals surface area contributed by atoms with Gasteiger partial charge in [-0.2, -0.15) is 0 Å². The van der Waals surface area contributed by atoms with Crippen LogP contribution in [0.5, 0.6) is 0 Å². The lowest BCUT2D eigenvalue weighted by Gasteiger charge is -2.25. The first kappa shape index (κ1) is 13.8. The molecular formula is C14H22BrN3. The van der Waals surface area contributed by atoms with Crippen LogP contribution in [0.4, 0.5) is 5.82 Å². The Bertz CT molecular complexity index is 422. The second-order valence-corrected chi connectivity index (χ2v) is 6.86. The molecule has 1 aromatic heterocycles. The molecule has 3 nitrogen and oxygen atoms in total. The molecule has 1 saturated carbocycles. The third-order valence-corrected chi connectivity index (χ3v) is 3.50. The van der Waals surface area contributed by atoms with Crippen LogP contribution in [-0.2, 0) is 5.41 Å². The van der Waals surface area contributed by atoms with Crippen molar-refractivity contribution in [3.05, 3.63) is 16.5 Å². The summed E-state index contributed by atoms with van der Waals surface area (Å²) >= 11 is 3.52. The zero-order valence-corrected chi connectivity index (χ0v) is 13.3. The molecule has 1 fully saturated rings. The Kier molecular flexibility index (Phi) is 3.95. The Morgan fingerprint density at radius 2 is 2.00 bits per heavy atom. The molecule has 0 bridgehead atoms. The van der Waals surface area contributed by atoms with Crippen molar-refractivity contribution >= 4 is 21.7 Å². The standard InChI is InChI=1S/C14H22BrN3/c1-5-8-18(10-6-7-10)12-9-11(15)16-13(17-12)14(2,3)4/h9-10H,5-8H2,1-4H3. The first-order chi connectivity index (χ1) is 8.41. The zero-order valence-electron chi connectivity index (χ0n) is 11.7. The van der Waals surface area contributed by atoms with Gasteiger partial charge in [0.15, 0.2) is 0 Å². The number of hydrogen-bond acceptors (Lipinski definition) is 3. The van der Waals surface area contributed by atoms with Gasteiger partial charge in [0, 0.05) is 24.1 Å². The molecule has 1 aliphatic rings. The first-order valence-electron chi connectivity index (χ1n) is 6.73. The molecule has 0 unspecified atom stereocenters. The molecule has 0 radical (unpaired) electrons. The Morgan fingerprint density at radius 1 is 1.33 bits per heavy atom. The van der Waals surface area contributed by atoms with Crippen LogP contribution in [0.1, 0.15) is 52.8 Å². The Balaban J connectivity index is 2.34. The highest BCUT2D eigenvalue weighted by Gasteiger charge is 2.30. The molecular weight excluding hydrogens is 290 g/mol. The lowest BCUT2D eigenvalue weighted by molar-refractivity contribution is 0.541. The normalized spacial score (nSPS) is 15.8. The molecule has 1 heterocycles. The van der Waals surface area contributed by atoms with E-state index < -0.39 is 0 Å². The monoisotopic (exact) mass is 311 g/mol. The minimum absolute atomic E-state index is 0.0139. The number of aromatic nitrogens is 2. The fourth-order valence-electron chi connectivity index (χ4n) is 2.00. The van der Waals surface area contributed by atoms with Crippen LogP contribution in [0.3, 0.4) is 0 Å². The predicted octanol–water partition coefficient (Wildman–Crippen LogP) is 3.92. The predicted molar refractivity (Wildman–Crippen MR) is 79.1 cm³/mol. The molecule has 2 rings (SSSR count). The number of halogens is 1. The fourth-order valence-corrected chi connectivity index (χ4v) is 2.37. The largest absolute Gasteiger partial charge is 0.354 e. The van der Waals surface area contributed by atoms with Gasteiger partial charge >= 0.3 is 0 Å². The molecule has 1 aliphatic carbocycles. The lowest BCUT2D eigenvalue weighted by Crippen LogP contribution is -2.29. The maximum absolute atomic E-state index is 4.77. The summed E-state index contributed by atoms with van der Waals surface area (Å²) in [6.45, 7) is 9.76. The lowest BCUT2D eigenvalue weighted by atomic mass is 9.96. The summed E-state index contributed by atoms with van der Waals surface area (Å²) < 4.78 is 0.888. The van der Waals surface area contributed by atoms with Crippen molar-refractivity contribution in [2.75, 3.05) is 11.4 Å². The van der Waals surface area contributed by atoms with E-state index in [0.29, 0.717) is 6.04 Å². The van der Waals surface area contributed by atoms with Gasteiger partial charge in [0.05, 0.1) is 0 Å². The van der Waals surface area contributed by atoms with Crippen molar-refractivity contribution in [1.82, 2.24) is 9.97 Å². The van der Waals surface area contributed by atoms with Gasteiger partial charge in [-0.3, -0.25) is 0 Å². The van der Waals surface area contributed by atoms with Crippen LogP contribution in [0.25, 0.3) is 0 Å². The molecule has 0 N–H and O–H groups in total. The smallest absolute Gasteiger partial charge is 0.137 e. The van der Waals surface area contributed by atoms with Crippen LogP contribution in [0.15, 0.2) is 10.7 Å². The van der Waals surface area contributed by atoms with Gasteiger partial charge in [0.25, 0.3) is 0 Å². The van der Waals surface area contributed by atoms with Gasteiger partial charge in [-0.05, 0) is 35.2 Å². The zero-order chi connectivity index (χ0) is 13.3. The molecule has 18 heavy (non-hydrogen) atoms. The van der Waals surface area contributed by atoms with Crippen molar-refractivity contribution in [3.8, 4) is 0 Å². The van der Waals surface area contributed by atoms with Gasteiger partial charge in [-0.25, -0.2) is 9.97 Å². The van der Waals surface area contributed by atoms with Crippen LogP contribution in [-0.4, -0.2) is 22.6 Å². The van der Waals surface area contributed by atoms with Gasteiger partial charge in [-0.15, -0.1) is 0 Å². The van der Waals surface area contributed by atoms with Crippen LogP contribution >= 0.6 is 15.9 Å². The number of rotatable bonds is 4. The number of nitrogens with zero attached hydrogens (tertiary/aromatic N) is 3. The van der Waals surface area contributed by atoms with E-state index >= 15 is 0 Å². The van der Waals surface area contributed by atoms with E-state index in [-0.39, 0.29) is 5.41 Å². The van der Waals surface area contributed by atoms with Gasteiger partial charge in [0.2, 0.25) is 0 Å². The molecule has 100 valence electrons. The summed E-state index contributed by atoms with van der Waals surface area (Å²) in [6.07, 6.45) is 3.75. The molecule has 0 spiro atoms. The highest BCUT2D eigenvalue weighted by molar-refractivity contribution is 9.10. The molecule has 0 atom stereocenters. The molecule has 0 saturated heterocycles. The van der Waals surface area contributed by atoms with E-state index in [1.807, 2.05) is 6.07 Å². The summed E-state index contributed by atoms with van der Waals surface area (Å²) in [7, 11) is 0. The Labute approximate surface area is 118 Å². The van der Waals surface area contributed by atoms with E-state index in [1.54, 1.807) is 0 Å². The highest BCUT2D eigenvalue weighted by Crippen LogP contribution is 2.32. The minimum Gasteiger partial charge on any atom is -0.354 e. The third kappa shape index (κ3) is 3.22. The number of hydrogen-bond donors (Lipinski definition) is 0. The SMILES string of the molecule is CCCN(c1cc(Br)nc(C(C)(C)C)n1)C1CC1. The first-order valence-corrected chi connectivity index (χ1v) is 7.53. The fraction of sp³-hybridized carbons (Fsp3) is 0.714. The quantitative estimate of drug-likeness (QED) is 0.789. The second-order valence-electron chi connectivity index (χ2n) is 6.05. The van der Waals surface area contributed by atoms with E-state index in [0.717, 1.165) is 29.2 Å². The van der Waals surface area contributed by atoms with E-state index in [9.17, 15) is 0 Å². The average molecular weight is 312 g/mol. The maximum atomic E-state index is 4.77. The molecule has 4 heteroatoms. The van der Waals surface area contributed by atoms with Crippen molar-refractivity contribution < 1.29 is 0 Å². The molecule has 0 aliphatic heterocycles. The molecule has 0 amide bonds. The maximum Gasteiger partial charge on any atom is 0.137 e. The van der Waals surface area contributed by atoms with Gasteiger partial charge < -0.3 is 4.90 Å². The molecule has 0 aromatic carbocycles. The summed E-state index contributed by atoms with van der Waals surface area (Å²) in [5.74, 6) is 1.99. The van der Waals surface area contributed by atoms with E-state index in [4.69, 9.17) is 4.98 Å². The third-order valence-electron chi connectivity index (χ3n) is 3.10. The van der Waals surface area contributed by atoms with E-state index in [2.05, 4.69) is 53.5 Å². The van der Waals surface area contributed by atoms with Crippen molar-refractivity contribution in [2.24, 2.45) is 0 Å². The van der Waals surface area contributed by atoms with Crippen LogP contribution in [0, 0.1) is 0 Å². The van der Waals surface area contributed by atoms with Crippen molar-refractivity contribution in [1.29, 1.82) is 0 Å². The van der Waals surface area contributed by atoms with Crippen molar-refractivity contribution in [2.45, 2.75) is 58.4 Å². The van der Waals surface area contributed by atoms with Crippen molar-refractivity contribution in [3.63, 3.8) is 0 Å². The van der Waals surface area contributed by atoms with Crippen LogP contribution in [0.2, 0.25) is 0 Å². The summed E-state index contributed by atoms with van der Waals surface area (Å²) in [6, 6.07) is 2.74. The van der Waals surface area contributed by atoms with Gasteiger partial charge in [0.1, 0.15) is 16.2 Å². The Morgan fingerprint density at radius 3 is 2.50 bits per heavy atom. The van der Waals surface area contributed by atoms with Crippen LogP contribution < -0.4 is 4.90 Å². The Hall–Kier alpha value is -0.640. The molecule has 1 aromatic rings. The summed E-state index contributed by atoms with van der Waals surface area (Å²) in [5.41, 5.74) is -0.0139. The minimum atomic E-state index is -0.0139. The summed E-state index contributed by atoms with van der Waals surface area (Å²) in [4.78, 5) is 11.7. The van der Waals surface area contributed by atoms with Gasteiger partial charge in [-0.1, -0.05) is 27.7 Å². The summed E-state index contributed by atoms with van der Waals surface area (Å²) in [5, 5.41) is 0. The van der Waals surface area contributed by atoms with E-state index in [1.165, 1.54) is 12.8 Å². The number of anilines is 1. The topological polar surface area (TPSA) is 29.0 Å². The highest BCUT2D eigenvalue weighted by atomic mass is 79.9. The average Bonchev–Trinajstić information content (AvgIpc) is 3.07.